The fourth-order valence-corrected chi connectivity index (χ4v) is 2.04. The third-order valence-corrected chi connectivity index (χ3v) is 3.59. The summed E-state index contributed by atoms with van der Waals surface area (Å²) in [6.07, 6.45) is 0.883. The van der Waals surface area contributed by atoms with Crippen LogP contribution < -0.4 is 10.1 Å². The number of ether oxygens (including phenoxy) is 1. The molecule has 1 unspecified atom stereocenters. The number of benzene rings is 1. The number of amides is 1. The molecule has 0 saturated heterocycles. The smallest absolute Gasteiger partial charge is 0.226 e. The highest BCUT2D eigenvalue weighted by molar-refractivity contribution is 6.42. The minimum Gasteiger partial charge on any atom is -0.489 e. The molecule has 1 aromatic carbocycles. The van der Waals surface area contributed by atoms with Crippen LogP contribution in [0, 0.1) is 0 Å². The molecule has 1 heterocycles. The molecular formula is C14H15Cl2N3O3. The number of halogens is 2. The maximum Gasteiger partial charge on any atom is 0.226 e. The van der Waals surface area contributed by atoms with Crippen LogP contribution in [0.2, 0.25) is 10.0 Å². The van der Waals surface area contributed by atoms with Crippen LogP contribution in [0.5, 0.6) is 5.75 Å². The Balaban J connectivity index is 1.72. The lowest BCUT2D eigenvalue weighted by Gasteiger charge is -2.14. The number of nitrogens with one attached hydrogen (secondary N) is 2. The van der Waals surface area contributed by atoms with Gasteiger partial charge < -0.3 is 15.2 Å². The van der Waals surface area contributed by atoms with Gasteiger partial charge in [-0.25, -0.2) is 0 Å². The number of aliphatic hydroxyl groups excluding tert-OH is 1. The molecule has 2 aromatic rings. The number of hydrogen-bond donors (Lipinski definition) is 3. The molecule has 0 bridgehead atoms. The summed E-state index contributed by atoms with van der Waals surface area (Å²) in [5.74, 6) is 0.168. The van der Waals surface area contributed by atoms with E-state index >= 15 is 0 Å². The normalized spacial score (nSPS) is 12.0. The Hall–Kier alpha value is -1.76. The van der Waals surface area contributed by atoms with Crippen molar-refractivity contribution in [1.29, 1.82) is 0 Å². The number of aromatic amines is 1. The summed E-state index contributed by atoms with van der Waals surface area (Å²) < 4.78 is 5.38. The second-order valence-corrected chi connectivity index (χ2v) is 5.36. The first kappa shape index (κ1) is 16.6. The average molecular weight is 344 g/mol. The maximum absolute atomic E-state index is 11.6. The zero-order valence-electron chi connectivity index (χ0n) is 11.6. The van der Waals surface area contributed by atoms with Crippen LogP contribution in [0.1, 0.15) is 5.69 Å². The van der Waals surface area contributed by atoms with Gasteiger partial charge in [0.05, 0.1) is 11.4 Å². The molecule has 2 rings (SSSR count). The Morgan fingerprint density at radius 3 is 2.95 bits per heavy atom. The van der Waals surface area contributed by atoms with Crippen molar-refractivity contribution in [2.75, 3.05) is 13.2 Å². The molecule has 3 N–H and O–H groups in total. The number of rotatable bonds is 7. The number of hydrogen-bond acceptors (Lipinski definition) is 4. The van der Waals surface area contributed by atoms with Gasteiger partial charge in [-0.1, -0.05) is 29.3 Å². The molecule has 6 nitrogen and oxygen atoms in total. The average Bonchev–Trinajstić information content (AvgIpc) is 2.99. The van der Waals surface area contributed by atoms with Gasteiger partial charge in [0.1, 0.15) is 23.5 Å². The number of aromatic nitrogens is 2. The second-order valence-electron chi connectivity index (χ2n) is 4.58. The van der Waals surface area contributed by atoms with E-state index in [0.717, 1.165) is 0 Å². The highest BCUT2D eigenvalue weighted by atomic mass is 35.5. The van der Waals surface area contributed by atoms with Crippen LogP contribution in [0.25, 0.3) is 0 Å². The van der Waals surface area contributed by atoms with E-state index in [4.69, 9.17) is 27.9 Å². The van der Waals surface area contributed by atoms with Crippen LogP contribution in [0.15, 0.2) is 30.5 Å². The Morgan fingerprint density at radius 2 is 2.23 bits per heavy atom. The zero-order chi connectivity index (χ0) is 15.9. The van der Waals surface area contributed by atoms with Gasteiger partial charge in [0, 0.05) is 18.4 Å². The quantitative estimate of drug-likeness (QED) is 0.715. The standard InChI is InChI=1S/C14H15Cl2N3O3/c15-11-2-1-3-12(14(11)16)22-8-10(20)7-17-13(21)6-9-4-5-18-19-9/h1-5,10,20H,6-8H2,(H,17,21)(H,18,19). The van der Waals surface area contributed by atoms with Gasteiger partial charge in [-0.15, -0.1) is 0 Å². The van der Waals surface area contributed by atoms with Gasteiger partial charge in [0.2, 0.25) is 5.91 Å². The van der Waals surface area contributed by atoms with Crippen LogP contribution in [-0.4, -0.2) is 40.5 Å². The first-order valence-electron chi connectivity index (χ1n) is 6.56. The summed E-state index contributed by atoms with van der Waals surface area (Å²) in [5, 5.41) is 19.5. The summed E-state index contributed by atoms with van der Waals surface area (Å²) in [5.41, 5.74) is 0.703. The van der Waals surface area contributed by atoms with Crippen molar-refractivity contribution >= 4 is 29.1 Å². The van der Waals surface area contributed by atoms with Gasteiger partial charge >= 0.3 is 0 Å². The lowest BCUT2D eigenvalue weighted by atomic mass is 10.3. The van der Waals surface area contributed by atoms with E-state index < -0.39 is 6.10 Å². The molecule has 0 radical (unpaired) electrons. The molecule has 8 heteroatoms. The van der Waals surface area contributed by atoms with Crippen LogP contribution >= 0.6 is 23.2 Å². The first-order chi connectivity index (χ1) is 10.6. The highest BCUT2D eigenvalue weighted by Crippen LogP contribution is 2.31. The van der Waals surface area contributed by atoms with Gasteiger partial charge in [-0.3, -0.25) is 9.89 Å². The number of carbonyl (C=O) groups excluding carboxylic acids is 1. The summed E-state index contributed by atoms with van der Waals surface area (Å²) >= 11 is 11.8. The summed E-state index contributed by atoms with van der Waals surface area (Å²) in [6, 6.07) is 6.70. The van der Waals surface area contributed by atoms with Gasteiger partial charge in [-0.05, 0) is 18.2 Å². The van der Waals surface area contributed by atoms with Crippen LogP contribution in [0.4, 0.5) is 0 Å². The largest absolute Gasteiger partial charge is 0.489 e. The molecule has 0 spiro atoms. The van der Waals surface area contributed by atoms with Crippen molar-refractivity contribution in [1.82, 2.24) is 15.5 Å². The second kappa shape index (κ2) is 8.03. The number of nitrogens with zero attached hydrogens (tertiary/aromatic N) is 1. The Morgan fingerprint density at radius 1 is 1.41 bits per heavy atom. The molecule has 22 heavy (non-hydrogen) atoms. The van der Waals surface area contributed by atoms with Crippen molar-refractivity contribution < 1.29 is 14.6 Å². The molecule has 1 atom stereocenters. The minimum atomic E-state index is -0.860. The minimum absolute atomic E-state index is 0.00952. The molecule has 0 saturated carbocycles. The van der Waals surface area contributed by atoms with Crippen molar-refractivity contribution in [2.45, 2.75) is 12.5 Å². The van der Waals surface area contributed by atoms with E-state index in [0.29, 0.717) is 21.5 Å². The van der Waals surface area contributed by atoms with Crippen LogP contribution in [0.3, 0.4) is 0 Å². The number of aliphatic hydroxyl groups is 1. The van der Waals surface area contributed by atoms with Crippen molar-refractivity contribution in [3.05, 3.63) is 46.2 Å². The lowest BCUT2D eigenvalue weighted by molar-refractivity contribution is -0.121. The topological polar surface area (TPSA) is 87.2 Å². The molecule has 0 aliphatic rings. The summed E-state index contributed by atoms with van der Waals surface area (Å²) in [7, 11) is 0. The first-order valence-corrected chi connectivity index (χ1v) is 7.31. The van der Waals surface area contributed by atoms with Gasteiger partial charge in [-0.2, -0.15) is 5.10 Å². The van der Waals surface area contributed by atoms with E-state index in [2.05, 4.69) is 15.5 Å². The number of H-pyrrole nitrogens is 1. The Kier molecular flexibility index (Phi) is 6.06. The third kappa shape index (κ3) is 4.91. The fraction of sp³-hybridized carbons (Fsp3) is 0.286. The third-order valence-electron chi connectivity index (χ3n) is 2.79. The fourth-order valence-electron chi connectivity index (χ4n) is 1.69. The van der Waals surface area contributed by atoms with Crippen molar-refractivity contribution in [3.8, 4) is 5.75 Å². The molecule has 1 aromatic heterocycles. The van der Waals surface area contributed by atoms with Gasteiger partial charge in [0.15, 0.2) is 0 Å². The SMILES string of the molecule is O=C(Cc1ccn[nH]1)NCC(O)COc1cccc(Cl)c1Cl. The molecule has 0 aliphatic carbocycles. The number of carbonyl (C=O) groups is 1. The highest BCUT2D eigenvalue weighted by Gasteiger charge is 2.11. The summed E-state index contributed by atoms with van der Waals surface area (Å²) in [6.45, 7) is 0.0650. The zero-order valence-corrected chi connectivity index (χ0v) is 13.1. The Bertz CT molecular complexity index is 620. The molecular weight excluding hydrogens is 329 g/mol. The predicted molar refractivity (Wildman–Crippen MR) is 83.3 cm³/mol. The maximum atomic E-state index is 11.6. The van der Waals surface area contributed by atoms with Crippen molar-refractivity contribution in [2.24, 2.45) is 0 Å². The van der Waals surface area contributed by atoms with E-state index in [-0.39, 0.29) is 25.5 Å². The van der Waals surface area contributed by atoms with E-state index in [1.807, 2.05) is 0 Å². The lowest BCUT2D eigenvalue weighted by Crippen LogP contribution is -2.36. The Labute approximate surface area is 137 Å². The van der Waals surface area contributed by atoms with Crippen molar-refractivity contribution in [3.63, 3.8) is 0 Å². The van der Waals surface area contributed by atoms with Crippen LogP contribution in [-0.2, 0) is 11.2 Å². The molecule has 0 aliphatic heterocycles. The van der Waals surface area contributed by atoms with Gasteiger partial charge in [0.25, 0.3) is 0 Å². The molecule has 1 amide bonds. The molecule has 118 valence electrons. The van der Waals surface area contributed by atoms with E-state index in [9.17, 15) is 9.90 Å². The predicted octanol–water partition coefficient (Wildman–Crippen LogP) is 1.82. The summed E-state index contributed by atoms with van der Waals surface area (Å²) in [4.78, 5) is 11.6. The van der Waals surface area contributed by atoms with E-state index in [1.54, 1.807) is 30.5 Å². The molecule has 0 fully saturated rings. The monoisotopic (exact) mass is 343 g/mol. The van der Waals surface area contributed by atoms with E-state index in [1.165, 1.54) is 0 Å².